The van der Waals surface area contributed by atoms with Crippen molar-refractivity contribution < 1.29 is 24.0 Å². The molecule has 1 aromatic carbocycles. The van der Waals surface area contributed by atoms with Crippen molar-refractivity contribution in [2.24, 2.45) is 0 Å². The molecule has 0 aliphatic carbocycles. The molecule has 6 nitrogen and oxygen atoms in total. The molecule has 0 saturated carbocycles. The van der Waals surface area contributed by atoms with Crippen molar-refractivity contribution in [3.8, 4) is 0 Å². The van der Waals surface area contributed by atoms with Gasteiger partial charge in [0.1, 0.15) is 0 Å². The van der Waals surface area contributed by atoms with Crippen molar-refractivity contribution in [3.63, 3.8) is 0 Å². The summed E-state index contributed by atoms with van der Waals surface area (Å²) in [5, 5.41) is 11.2. The lowest BCUT2D eigenvalue weighted by atomic mass is 9.79. The molecule has 23 heavy (non-hydrogen) atoms. The molecule has 1 amide bonds. The first-order valence-corrected chi connectivity index (χ1v) is 7.58. The molecule has 1 heterocycles. The first-order chi connectivity index (χ1) is 10.6. The van der Waals surface area contributed by atoms with E-state index < -0.39 is 24.3 Å². The van der Waals surface area contributed by atoms with Crippen LogP contribution < -0.4 is 10.8 Å². The Morgan fingerprint density at radius 2 is 1.57 bits per heavy atom. The molecule has 1 aliphatic heterocycles. The molecule has 0 radical (unpaired) electrons. The number of benzene rings is 1. The highest BCUT2D eigenvalue weighted by Gasteiger charge is 2.51. The summed E-state index contributed by atoms with van der Waals surface area (Å²) in [5.74, 6) is -1.31. The second-order valence-electron chi connectivity index (χ2n) is 6.65. The average Bonchev–Trinajstić information content (AvgIpc) is 2.66. The Bertz CT molecular complexity index is 581. The summed E-state index contributed by atoms with van der Waals surface area (Å²) in [6, 6.07) is 7.15. The highest BCUT2D eigenvalue weighted by Crippen LogP contribution is 2.36. The second-order valence-corrected chi connectivity index (χ2v) is 6.65. The Morgan fingerprint density at radius 3 is 2.04 bits per heavy atom. The largest absolute Gasteiger partial charge is 0.494 e. The fourth-order valence-corrected chi connectivity index (χ4v) is 2.15. The zero-order chi connectivity index (χ0) is 17.3. The van der Waals surface area contributed by atoms with Crippen LogP contribution in [0.15, 0.2) is 24.3 Å². The standard InChI is InChI=1S/C16H22BNO5/c1-15(2)16(3,4)23-17(22-15)11-5-7-12(8-6-11)18-13(19)9-10-14(20)21/h5-8H,9-10H2,1-4H3,(H,18,19)(H,20,21). The van der Waals surface area contributed by atoms with Crippen LogP contribution in [-0.4, -0.2) is 35.3 Å². The SMILES string of the molecule is CC1(C)OB(c2ccc(NC(=O)CCC(=O)O)cc2)OC1(C)C. The van der Waals surface area contributed by atoms with Gasteiger partial charge in [-0.05, 0) is 45.3 Å². The number of nitrogens with one attached hydrogen (secondary N) is 1. The van der Waals surface area contributed by atoms with Crippen LogP contribution in [0, 0.1) is 0 Å². The molecule has 1 fully saturated rings. The number of carboxylic acids is 1. The molecule has 1 aliphatic rings. The molecule has 0 aromatic heterocycles. The fraction of sp³-hybridized carbons (Fsp3) is 0.500. The van der Waals surface area contributed by atoms with Crippen molar-refractivity contribution in [1.29, 1.82) is 0 Å². The molecule has 2 rings (SSSR count). The van der Waals surface area contributed by atoms with Crippen LogP contribution >= 0.6 is 0 Å². The van der Waals surface area contributed by atoms with Crippen LogP contribution in [0.5, 0.6) is 0 Å². The van der Waals surface area contributed by atoms with Gasteiger partial charge in [0, 0.05) is 12.1 Å². The predicted octanol–water partition coefficient (Wildman–Crippen LogP) is 1.79. The molecule has 7 heteroatoms. The average molecular weight is 319 g/mol. The zero-order valence-electron chi connectivity index (χ0n) is 13.9. The summed E-state index contributed by atoms with van der Waals surface area (Å²) in [4.78, 5) is 22.0. The fourth-order valence-electron chi connectivity index (χ4n) is 2.15. The minimum atomic E-state index is -0.990. The molecular formula is C16H22BNO5. The minimum Gasteiger partial charge on any atom is -0.481 e. The monoisotopic (exact) mass is 319 g/mol. The summed E-state index contributed by atoms with van der Waals surface area (Å²) >= 11 is 0. The van der Waals surface area contributed by atoms with Gasteiger partial charge in [0.25, 0.3) is 0 Å². The normalized spacial score (nSPS) is 18.7. The number of hydrogen-bond acceptors (Lipinski definition) is 4. The summed E-state index contributed by atoms with van der Waals surface area (Å²) in [6.07, 6.45) is -0.230. The third-order valence-electron chi connectivity index (χ3n) is 4.29. The van der Waals surface area contributed by atoms with Crippen molar-refractivity contribution in [3.05, 3.63) is 24.3 Å². The van der Waals surface area contributed by atoms with Crippen LogP contribution in [0.25, 0.3) is 0 Å². The third-order valence-corrected chi connectivity index (χ3v) is 4.29. The van der Waals surface area contributed by atoms with Crippen molar-refractivity contribution in [1.82, 2.24) is 0 Å². The molecule has 0 atom stereocenters. The van der Waals surface area contributed by atoms with E-state index in [0.29, 0.717) is 5.69 Å². The van der Waals surface area contributed by atoms with E-state index in [2.05, 4.69) is 5.32 Å². The van der Waals surface area contributed by atoms with Gasteiger partial charge < -0.3 is 19.7 Å². The number of carbonyl (C=O) groups excluding carboxylic acids is 1. The number of carbonyl (C=O) groups is 2. The molecular weight excluding hydrogens is 297 g/mol. The lowest BCUT2D eigenvalue weighted by Gasteiger charge is -2.32. The summed E-state index contributed by atoms with van der Waals surface area (Å²) in [6.45, 7) is 7.96. The van der Waals surface area contributed by atoms with E-state index in [-0.39, 0.29) is 18.7 Å². The third kappa shape index (κ3) is 4.12. The van der Waals surface area contributed by atoms with Crippen molar-refractivity contribution in [2.45, 2.75) is 51.7 Å². The maximum Gasteiger partial charge on any atom is 0.494 e. The van der Waals surface area contributed by atoms with Crippen LogP contribution in [0.1, 0.15) is 40.5 Å². The maximum absolute atomic E-state index is 11.6. The molecule has 1 aromatic rings. The van der Waals surface area contributed by atoms with E-state index in [4.69, 9.17) is 14.4 Å². The zero-order valence-corrected chi connectivity index (χ0v) is 13.9. The quantitative estimate of drug-likeness (QED) is 0.808. The van der Waals surface area contributed by atoms with E-state index in [9.17, 15) is 9.59 Å². The Balaban J connectivity index is 1.98. The van der Waals surface area contributed by atoms with E-state index in [1.165, 1.54) is 0 Å². The Hall–Kier alpha value is -1.86. The van der Waals surface area contributed by atoms with Gasteiger partial charge in [-0.15, -0.1) is 0 Å². The summed E-state index contributed by atoms with van der Waals surface area (Å²) in [5.41, 5.74) is 0.677. The van der Waals surface area contributed by atoms with Gasteiger partial charge in [-0.25, -0.2) is 0 Å². The van der Waals surface area contributed by atoms with E-state index in [0.717, 1.165) is 5.46 Å². The van der Waals surface area contributed by atoms with Gasteiger partial charge in [0.2, 0.25) is 5.91 Å². The minimum absolute atomic E-state index is 0.0473. The van der Waals surface area contributed by atoms with Crippen LogP contribution in [0.3, 0.4) is 0 Å². The number of carboxylic acid groups (broad SMARTS) is 1. The Kier molecular flexibility index (Phi) is 4.82. The van der Waals surface area contributed by atoms with Gasteiger partial charge in [-0.1, -0.05) is 12.1 Å². The van der Waals surface area contributed by atoms with Gasteiger partial charge >= 0.3 is 13.1 Å². The lowest BCUT2D eigenvalue weighted by molar-refractivity contribution is -0.138. The smallest absolute Gasteiger partial charge is 0.481 e. The Morgan fingerprint density at radius 1 is 1.04 bits per heavy atom. The van der Waals surface area contributed by atoms with Crippen molar-refractivity contribution in [2.75, 3.05) is 5.32 Å². The van der Waals surface area contributed by atoms with Gasteiger partial charge in [-0.3, -0.25) is 9.59 Å². The van der Waals surface area contributed by atoms with Crippen LogP contribution in [0.4, 0.5) is 5.69 Å². The van der Waals surface area contributed by atoms with Crippen molar-refractivity contribution >= 4 is 30.1 Å². The molecule has 124 valence electrons. The van der Waals surface area contributed by atoms with Gasteiger partial charge in [0.15, 0.2) is 0 Å². The number of amides is 1. The van der Waals surface area contributed by atoms with Crippen LogP contribution in [-0.2, 0) is 18.9 Å². The lowest BCUT2D eigenvalue weighted by Crippen LogP contribution is -2.41. The molecule has 1 saturated heterocycles. The van der Waals surface area contributed by atoms with Crippen LogP contribution in [0.2, 0.25) is 0 Å². The number of aliphatic carboxylic acids is 1. The highest BCUT2D eigenvalue weighted by molar-refractivity contribution is 6.62. The number of anilines is 1. The first-order valence-electron chi connectivity index (χ1n) is 7.58. The number of rotatable bonds is 5. The van der Waals surface area contributed by atoms with Gasteiger partial charge in [0.05, 0.1) is 17.6 Å². The second kappa shape index (κ2) is 6.33. The predicted molar refractivity (Wildman–Crippen MR) is 87.7 cm³/mol. The first kappa shape index (κ1) is 17.5. The molecule has 2 N–H and O–H groups in total. The van der Waals surface area contributed by atoms with E-state index >= 15 is 0 Å². The van der Waals surface area contributed by atoms with E-state index in [1.807, 2.05) is 39.8 Å². The Labute approximate surface area is 136 Å². The molecule has 0 unspecified atom stereocenters. The maximum atomic E-state index is 11.6. The molecule has 0 bridgehead atoms. The summed E-state index contributed by atoms with van der Waals surface area (Å²) < 4.78 is 11.9. The topological polar surface area (TPSA) is 84.9 Å². The van der Waals surface area contributed by atoms with Gasteiger partial charge in [-0.2, -0.15) is 0 Å². The molecule has 0 spiro atoms. The number of hydrogen-bond donors (Lipinski definition) is 2. The van der Waals surface area contributed by atoms with E-state index in [1.54, 1.807) is 12.1 Å². The summed E-state index contributed by atoms with van der Waals surface area (Å²) in [7, 11) is -0.447. The highest BCUT2D eigenvalue weighted by atomic mass is 16.7.